The number of nitrogens with zero attached hydrogens (tertiary/aromatic N) is 2. The van der Waals surface area contributed by atoms with Crippen LogP contribution in [0.2, 0.25) is 0 Å². The van der Waals surface area contributed by atoms with Crippen LogP contribution >= 0.6 is 11.3 Å². The van der Waals surface area contributed by atoms with Crippen LogP contribution in [0.25, 0.3) is 0 Å². The minimum Gasteiger partial charge on any atom is -0.323 e. The van der Waals surface area contributed by atoms with Crippen LogP contribution in [0, 0.1) is 5.92 Å². The average Bonchev–Trinajstić information content (AvgIpc) is 3.28. The molecule has 0 bridgehead atoms. The molecule has 3 aliphatic rings. The highest BCUT2D eigenvalue weighted by Crippen LogP contribution is 2.40. The molecule has 24 heavy (non-hydrogen) atoms. The first-order chi connectivity index (χ1) is 11.6. The lowest BCUT2D eigenvalue weighted by molar-refractivity contribution is -0.135. The average molecular weight is 347 g/mol. The van der Waals surface area contributed by atoms with Gasteiger partial charge >= 0.3 is 6.03 Å². The Hall–Kier alpha value is -1.40. The van der Waals surface area contributed by atoms with E-state index < -0.39 is 5.54 Å². The fraction of sp³-hybridized carbons (Fsp3) is 0.667. The van der Waals surface area contributed by atoms with Crippen LogP contribution < -0.4 is 5.32 Å². The summed E-state index contributed by atoms with van der Waals surface area (Å²) in [6.45, 7) is 3.47. The van der Waals surface area contributed by atoms with Gasteiger partial charge in [-0.15, -0.1) is 11.3 Å². The maximum Gasteiger partial charge on any atom is 0.326 e. The molecular formula is C18H25N3O2S. The van der Waals surface area contributed by atoms with E-state index in [9.17, 15) is 9.59 Å². The van der Waals surface area contributed by atoms with Crippen molar-refractivity contribution in [1.82, 2.24) is 15.1 Å². The highest BCUT2D eigenvalue weighted by molar-refractivity contribution is 7.10. The van der Waals surface area contributed by atoms with E-state index in [-0.39, 0.29) is 17.9 Å². The molecule has 0 aromatic carbocycles. The molecule has 1 aromatic heterocycles. The Labute approximate surface area is 147 Å². The molecule has 2 aliphatic heterocycles. The van der Waals surface area contributed by atoms with E-state index in [0.717, 1.165) is 45.1 Å². The number of carbonyl (C=O) groups is 2. The van der Waals surface area contributed by atoms with Gasteiger partial charge in [0.15, 0.2) is 0 Å². The monoisotopic (exact) mass is 347 g/mol. The highest BCUT2D eigenvalue weighted by atomic mass is 32.1. The molecule has 1 N–H and O–H groups in total. The molecule has 5 nitrogen and oxygen atoms in total. The predicted molar refractivity (Wildman–Crippen MR) is 93.6 cm³/mol. The second-order valence-electron chi connectivity index (χ2n) is 7.41. The number of hydrogen-bond donors (Lipinski definition) is 1. The van der Waals surface area contributed by atoms with E-state index in [4.69, 9.17) is 0 Å². The Bertz CT molecular complexity index is 632. The number of amides is 3. The third kappa shape index (κ3) is 2.47. The van der Waals surface area contributed by atoms with Crippen LogP contribution in [-0.2, 0) is 4.79 Å². The zero-order chi connectivity index (χ0) is 16.7. The van der Waals surface area contributed by atoms with Gasteiger partial charge in [-0.1, -0.05) is 25.8 Å². The summed E-state index contributed by atoms with van der Waals surface area (Å²) in [4.78, 5) is 30.7. The van der Waals surface area contributed by atoms with Gasteiger partial charge in [0.05, 0.1) is 6.67 Å². The summed E-state index contributed by atoms with van der Waals surface area (Å²) in [5.41, 5.74) is -0.645. The lowest BCUT2D eigenvalue weighted by Crippen LogP contribution is -2.54. The zero-order valence-electron chi connectivity index (χ0n) is 14.2. The van der Waals surface area contributed by atoms with E-state index in [1.165, 1.54) is 9.78 Å². The van der Waals surface area contributed by atoms with Crippen LogP contribution in [0.4, 0.5) is 4.79 Å². The summed E-state index contributed by atoms with van der Waals surface area (Å²) >= 11 is 1.76. The number of rotatable bonds is 3. The first kappa shape index (κ1) is 16.1. The maximum absolute atomic E-state index is 13.1. The molecule has 130 valence electrons. The summed E-state index contributed by atoms with van der Waals surface area (Å²) in [6.07, 6.45) is 6.19. The standard InChI is InChI=1S/C18H25N3O2S/c1-13-6-2-3-9-18(13)16(22)21(17(23)19-18)12-20-10-4-7-14(20)15-8-5-11-24-15/h5,8,11,13-14H,2-4,6-7,9-10,12H2,1H3,(H,19,23)/t13-,14+,18-/m1/s1. The molecule has 1 spiro atoms. The number of thiophene rings is 1. The second kappa shape index (κ2) is 6.15. The minimum atomic E-state index is -0.645. The van der Waals surface area contributed by atoms with Crippen LogP contribution in [0.5, 0.6) is 0 Å². The van der Waals surface area contributed by atoms with Crippen LogP contribution in [0.15, 0.2) is 17.5 Å². The molecule has 0 radical (unpaired) electrons. The van der Waals surface area contributed by atoms with Crippen molar-refractivity contribution in [1.29, 1.82) is 0 Å². The van der Waals surface area contributed by atoms with Gasteiger partial charge < -0.3 is 5.32 Å². The predicted octanol–water partition coefficient (Wildman–Crippen LogP) is 3.34. The molecule has 3 atom stereocenters. The van der Waals surface area contributed by atoms with Crippen molar-refractivity contribution in [3.05, 3.63) is 22.4 Å². The molecule has 6 heteroatoms. The number of nitrogens with one attached hydrogen (secondary N) is 1. The maximum atomic E-state index is 13.1. The minimum absolute atomic E-state index is 0.00321. The van der Waals surface area contributed by atoms with Crippen molar-refractivity contribution in [2.24, 2.45) is 5.92 Å². The Morgan fingerprint density at radius 1 is 1.29 bits per heavy atom. The normalized spacial score (nSPS) is 34.3. The Morgan fingerprint density at radius 2 is 2.17 bits per heavy atom. The molecule has 4 rings (SSSR count). The summed E-state index contributed by atoms with van der Waals surface area (Å²) in [5, 5.41) is 5.15. The number of hydrogen-bond acceptors (Lipinski definition) is 4. The van der Waals surface area contributed by atoms with Crippen molar-refractivity contribution in [2.75, 3.05) is 13.2 Å². The first-order valence-corrected chi connectivity index (χ1v) is 9.91. The smallest absolute Gasteiger partial charge is 0.323 e. The first-order valence-electron chi connectivity index (χ1n) is 9.03. The molecule has 3 heterocycles. The third-order valence-electron chi connectivity index (χ3n) is 6.06. The summed E-state index contributed by atoms with van der Waals surface area (Å²) in [6, 6.07) is 4.36. The van der Waals surface area contributed by atoms with Gasteiger partial charge in [0, 0.05) is 17.5 Å². The Morgan fingerprint density at radius 3 is 2.92 bits per heavy atom. The van der Waals surface area contributed by atoms with E-state index >= 15 is 0 Å². The van der Waals surface area contributed by atoms with E-state index in [1.54, 1.807) is 11.3 Å². The van der Waals surface area contributed by atoms with Crippen molar-refractivity contribution in [2.45, 2.75) is 57.0 Å². The molecular weight excluding hydrogens is 322 g/mol. The van der Waals surface area contributed by atoms with Gasteiger partial charge in [-0.3, -0.25) is 9.69 Å². The van der Waals surface area contributed by atoms with Crippen molar-refractivity contribution < 1.29 is 9.59 Å². The van der Waals surface area contributed by atoms with Crippen LogP contribution in [0.1, 0.15) is 56.4 Å². The lowest BCUT2D eigenvalue weighted by Gasteiger charge is -2.37. The van der Waals surface area contributed by atoms with E-state index in [0.29, 0.717) is 12.7 Å². The quantitative estimate of drug-likeness (QED) is 0.853. The summed E-state index contributed by atoms with van der Waals surface area (Å²) < 4.78 is 0. The van der Waals surface area contributed by atoms with E-state index in [2.05, 4.69) is 34.7 Å². The fourth-order valence-electron chi connectivity index (χ4n) is 4.60. The molecule has 3 fully saturated rings. The Balaban J connectivity index is 1.52. The molecule has 2 saturated heterocycles. The third-order valence-corrected chi connectivity index (χ3v) is 7.03. The van der Waals surface area contributed by atoms with Gasteiger partial charge in [0.2, 0.25) is 0 Å². The SMILES string of the molecule is C[C@@H]1CCCC[C@@]12NC(=O)N(CN1CCC[C@H]1c1cccs1)C2=O. The summed E-state index contributed by atoms with van der Waals surface area (Å²) in [5.74, 6) is 0.218. The van der Waals surface area contributed by atoms with Gasteiger partial charge in [0.25, 0.3) is 5.91 Å². The van der Waals surface area contributed by atoms with Crippen LogP contribution in [0.3, 0.4) is 0 Å². The van der Waals surface area contributed by atoms with Gasteiger partial charge in [-0.05, 0) is 43.0 Å². The topological polar surface area (TPSA) is 52.7 Å². The number of likely N-dealkylation sites (tertiary alicyclic amines) is 1. The molecule has 1 saturated carbocycles. The second-order valence-corrected chi connectivity index (χ2v) is 8.39. The molecule has 1 aromatic rings. The fourth-order valence-corrected chi connectivity index (χ4v) is 5.50. The van der Waals surface area contributed by atoms with E-state index in [1.807, 2.05) is 0 Å². The number of imide groups is 1. The van der Waals surface area contributed by atoms with Crippen molar-refractivity contribution in [3.8, 4) is 0 Å². The molecule has 3 amide bonds. The van der Waals surface area contributed by atoms with Crippen LogP contribution in [-0.4, -0.2) is 40.5 Å². The Kier molecular flexibility index (Phi) is 4.12. The highest BCUT2D eigenvalue weighted by Gasteiger charge is 2.55. The summed E-state index contributed by atoms with van der Waals surface area (Å²) in [7, 11) is 0. The molecule has 1 aliphatic carbocycles. The van der Waals surface area contributed by atoms with Gasteiger partial charge in [-0.25, -0.2) is 9.69 Å². The number of urea groups is 1. The molecule has 0 unspecified atom stereocenters. The van der Waals surface area contributed by atoms with Gasteiger partial charge in [0.1, 0.15) is 5.54 Å². The largest absolute Gasteiger partial charge is 0.326 e. The lowest BCUT2D eigenvalue weighted by atomic mass is 9.73. The zero-order valence-corrected chi connectivity index (χ0v) is 15.0. The van der Waals surface area contributed by atoms with Crippen molar-refractivity contribution in [3.63, 3.8) is 0 Å². The number of carbonyl (C=O) groups excluding carboxylic acids is 2. The van der Waals surface area contributed by atoms with Gasteiger partial charge in [-0.2, -0.15) is 0 Å². The van der Waals surface area contributed by atoms with Crippen molar-refractivity contribution >= 4 is 23.3 Å².